The number of nitrogens with zero attached hydrogens (tertiary/aromatic N) is 5. The lowest BCUT2D eigenvalue weighted by Crippen LogP contribution is -2.46. The predicted octanol–water partition coefficient (Wildman–Crippen LogP) is 18.8. The van der Waals surface area contributed by atoms with Gasteiger partial charge in [-0.15, -0.1) is 22.7 Å². The Labute approximate surface area is 421 Å². The second-order valence-corrected chi connectivity index (χ2v) is 22.6. The second kappa shape index (κ2) is 28.4. The molecule has 3 aromatic rings. The zero-order valence-electron chi connectivity index (χ0n) is 43.4. The number of hydrogen-bond donors (Lipinski definition) is 0. The largest absolute Gasteiger partial charge is 0.480 e. The number of allylic oxidation sites excluding steroid dienone is 2. The number of hydrogen-bond acceptors (Lipinski definition) is 8. The molecule has 4 heterocycles. The molecule has 6 nitrogen and oxygen atoms in total. The minimum Gasteiger partial charge on any atom is -0.480 e. The predicted molar refractivity (Wildman–Crippen MR) is 293 cm³/mol. The number of anilines is 2. The molecule has 0 spiro atoms. The van der Waals surface area contributed by atoms with Crippen LogP contribution < -0.4 is 9.80 Å². The van der Waals surface area contributed by atoms with E-state index in [1.54, 1.807) is 0 Å². The Morgan fingerprint density at radius 2 is 1.10 bits per heavy atom. The SMILES string of the molecule is CCCCCCCCCCCCCCCC1(CCCCCCCCCCCCCCC)c2cc(-c3ccc(N(C)C)cc3)sc2-c2sc(/C=C/C3=C(C#N)C(=C(C#N)C#N)OC3(C)C)cc2N1C. The van der Waals surface area contributed by atoms with Crippen LogP contribution >= 0.6 is 22.7 Å². The molecule has 0 aliphatic carbocycles. The van der Waals surface area contributed by atoms with Gasteiger partial charge in [0.25, 0.3) is 0 Å². The molecule has 5 rings (SSSR count). The summed E-state index contributed by atoms with van der Waals surface area (Å²) in [6.45, 7) is 8.38. The van der Waals surface area contributed by atoms with Gasteiger partial charge in [0.2, 0.25) is 0 Å². The van der Waals surface area contributed by atoms with Crippen molar-refractivity contribution in [3.63, 3.8) is 0 Å². The lowest BCUT2D eigenvalue weighted by atomic mass is 9.76. The van der Waals surface area contributed by atoms with Crippen LogP contribution in [-0.4, -0.2) is 26.7 Å². The number of rotatable bonds is 32. The van der Waals surface area contributed by atoms with E-state index >= 15 is 0 Å². The smallest absolute Gasteiger partial charge is 0.172 e. The molecule has 2 aliphatic rings. The molecule has 0 amide bonds. The highest BCUT2D eigenvalue weighted by Gasteiger charge is 2.45. The van der Waals surface area contributed by atoms with Crippen LogP contribution in [0.15, 0.2) is 65.0 Å². The Hall–Kier alpha value is -4.29. The van der Waals surface area contributed by atoms with Gasteiger partial charge in [-0.1, -0.05) is 199 Å². The van der Waals surface area contributed by atoms with Crippen molar-refractivity contribution < 1.29 is 4.74 Å². The molecule has 2 aromatic heterocycles. The third-order valence-electron chi connectivity index (χ3n) is 14.7. The molecular formula is C60H85N5OS2. The molecule has 8 heteroatoms. The average molecular weight is 957 g/mol. The number of unbranched alkanes of at least 4 members (excludes halogenated alkanes) is 24. The van der Waals surface area contributed by atoms with Gasteiger partial charge in [-0.2, -0.15) is 15.8 Å². The maximum Gasteiger partial charge on any atom is 0.172 e. The third kappa shape index (κ3) is 14.9. The molecule has 368 valence electrons. The Morgan fingerprint density at radius 1 is 0.632 bits per heavy atom. The molecule has 0 radical (unpaired) electrons. The average Bonchev–Trinajstić information content (AvgIpc) is 4.04. The van der Waals surface area contributed by atoms with Crippen molar-refractivity contribution in [2.24, 2.45) is 0 Å². The topological polar surface area (TPSA) is 87.1 Å². The summed E-state index contributed by atoms with van der Waals surface area (Å²) in [5.41, 5.74) is 5.04. The van der Waals surface area contributed by atoms with E-state index in [0.29, 0.717) is 5.57 Å². The van der Waals surface area contributed by atoms with Crippen molar-refractivity contribution in [3.8, 4) is 38.4 Å². The first-order chi connectivity index (χ1) is 33.0. The number of thiophene rings is 2. The highest BCUT2D eigenvalue weighted by molar-refractivity contribution is 7.25. The molecular weight excluding hydrogens is 871 g/mol. The lowest BCUT2D eigenvalue weighted by molar-refractivity contribution is 0.0954. The van der Waals surface area contributed by atoms with Gasteiger partial charge in [-0.05, 0) is 68.2 Å². The summed E-state index contributed by atoms with van der Waals surface area (Å²) in [5.74, 6) is 0.0767. The minimum absolute atomic E-state index is 0.0767. The molecule has 0 bridgehead atoms. The first-order valence-electron chi connectivity index (χ1n) is 26.9. The fraction of sp³-hybridized carbons (Fsp3) is 0.617. The van der Waals surface area contributed by atoms with Gasteiger partial charge in [-0.25, -0.2) is 0 Å². The van der Waals surface area contributed by atoms with Gasteiger partial charge >= 0.3 is 0 Å². The quantitative estimate of drug-likeness (QED) is 0.0458. The van der Waals surface area contributed by atoms with Gasteiger partial charge in [0.15, 0.2) is 11.3 Å². The Morgan fingerprint density at radius 3 is 1.54 bits per heavy atom. The van der Waals surface area contributed by atoms with E-state index in [9.17, 15) is 15.8 Å². The van der Waals surface area contributed by atoms with Gasteiger partial charge in [0.05, 0.1) is 21.0 Å². The zero-order chi connectivity index (χ0) is 48.8. The number of fused-ring (bicyclic) bond motifs is 3. The van der Waals surface area contributed by atoms with Crippen molar-refractivity contribution in [1.82, 2.24) is 0 Å². The van der Waals surface area contributed by atoms with Crippen LogP contribution in [0.4, 0.5) is 11.4 Å². The van der Waals surface area contributed by atoms with E-state index in [1.807, 2.05) is 54.7 Å². The Kier molecular flexibility index (Phi) is 22.8. The molecule has 0 N–H and O–H groups in total. The fourth-order valence-electron chi connectivity index (χ4n) is 10.5. The summed E-state index contributed by atoms with van der Waals surface area (Å²) in [5, 5.41) is 29.6. The Bertz CT molecular complexity index is 2190. The fourth-order valence-corrected chi connectivity index (χ4v) is 13.0. The van der Waals surface area contributed by atoms with Crippen LogP contribution in [0.5, 0.6) is 0 Å². The normalized spacial score (nSPS) is 14.7. The van der Waals surface area contributed by atoms with E-state index in [0.717, 1.165) is 17.7 Å². The van der Waals surface area contributed by atoms with Crippen molar-refractivity contribution in [2.75, 3.05) is 30.9 Å². The van der Waals surface area contributed by atoms with Gasteiger partial charge < -0.3 is 14.5 Å². The maximum absolute atomic E-state index is 10.3. The van der Waals surface area contributed by atoms with Crippen LogP contribution in [0.1, 0.15) is 218 Å². The van der Waals surface area contributed by atoms with Gasteiger partial charge in [-0.3, -0.25) is 0 Å². The maximum atomic E-state index is 10.3. The third-order valence-corrected chi connectivity index (χ3v) is 17.1. The molecule has 1 aromatic carbocycles. The van der Waals surface area contributed by atoms with Crippen LogP contribution in [0.3, 0.4) is 0 Å². The van der Waals surface area contributed by atoms with E-state index < -0.39 is 5.60 Å². The molecule has 2 aliphatic heterocycles. The molecule has 0 atom stereocenters. The van der Waals surface area contributed by atoms with Crippen LogP contribution in [0.25, 0.3) is 26.3 Å². The monoisotopic (exact) mass is 956 g/mol. The van der Waals surface area contributed by atoms with Crippen molar-refractivity contribution in [3.05, 3.63) is 75.4 Å². The number of nitriles is 3. The second-order valence-electron chi connectivity index (χ2n) is 20.5. The summed E-state index contributed by atoms with van der Waals surface area (Å²) < 4.78 is 6.11. The zero-order valence-corrected chi connectivity index (χ0v) is 45.0. The van der Waals surface area contributed by atoms with Gasteiger partial charge in [0.1, 0.15) is 29.4 Å². The molecule has 0 unspecified atom stereocenters. The first kappa shape index (κ1) is 54.6. The molecule has 68 heavy (non-hydrogen) atoms. The van der Waals surface area contributed by atoms with Crippen LogP contribution in [0, 0.1) is 34.0 Å². The van der Waals surface area contributed by atoms with E-state index in [1.165, 1.54) is 204 Å². The standard InChI is InChI=1S/C60H85N5OS2/c1-8-10-12-14-16-18-20-22-24-26-28-30-32-40-60(41-33-31-29-27-25-23-21-19-17-15-13-11-9-2)53-43-55(47-34-36-49(37-35-47)64(5)6)68-57(53)58-54(65(60)7)42-50(67-58)38-39-52-51(46-63)56(48(44-61)45-62)66-59(52,3)4/h34-39,42-43H,8-33,40-41H2,1-7H3/b39-38+. The highest BCUT2D eigenvalue weighted by Crippen LogP contribution is 2.58. The van der Waals surface area contributed by atoms with Crippen molar-refractivity contribution >= 4 is 40.1 Å². The summed E-state index contributed by atoms with van der Waals surface area (Å²) >= 11 is 3.76. The van der Waals surface area contributed by atoms with Crippen LogP contribution in [0.2, 0.25) is 0 Å². The Balaban J connectivity index is 1.40. The summed E-state index contributed by atoms with van der Waals surface area (Å²) in [4.78, 5) is 9.97. The summed E-state index contributed by atoms with van der Waals surface area (Å²) in [7, 11) is 6.57. The van der Waals surface area contributed by atoms with E-state index in [-0.39, 0.29) is 22.4 Å². The molecule has 0 saturated heterocycles. The summed E-state index contributed by atoms with van der Waals surface area (Å²) in [6, 6.07) is 20.1. The molecule has 0 fully saturated rings. The van der Waals surface area contributed by atoms with E-state index in [4.69, 9.17) is 4.74 Å². The first-order valence-corrected chi connectivity index (χ1v) is 28.5. The number of ether oxygens (including phenoxy) is 1. The molecule has 0 saturated carbocycles. The van der Waals surface area contributed by atoms with Gasteiger partial charge in [0, 0.05) is 42.2 Å². The van der Waals surface area contributed by atoms with Crippen LogP contribution in [-0.2, 0) is 10.3 Å². The summed E-state index contributed by atoms with van der Waals surface area (Å²) in [6.07, 6.45) is 41.6. The minimum atomic E-state index is -0.863. The van der Waals surface area contributed by atoms with Crippen molar-refractivity contribution in [2.45, 2.75) is 219 Å². The van der Waals surface area contributed by atoms with Crippen molar-refractivity contribution in [1.29, 1.82) is 15.8 Å². The van der Waals surface area contributed by atoms with E-state index in [2.05, 4.69) is 93.3 Å². The number of benzene rings is 1. The highest BCUT2D eigenvalue weighted by atomic mass is 32.1. The lowest BCUT2D eigenvalue weighted by Gasteiger charge is -2.47.